The predicted octanol–water partition coefficient (Wildman–Crippen LogP) is 4.90. The first-order valence-electron chi connectivity index (χ1n) is 17.9. The maximum Gasteiger partial charge on any atom is 0.317 e. The smallest absolute Gasteiger partial charge is 0.317 e. The van der Waals surface area contributed by atoms with E-state index in [1.807, 2.05) is 30.6 Å². The van der Waals surface area contributed by atoms with E-state index >= 15 is 0 Å². The molecule has 6 rings (SSSR count). The molecule has 5 N–H and O–H groups in total. The maximum atomic E-state index is 13.2. The van der Waals surface area contributed by atoms with E-state index < -0.39 is 17.7 Å². The molecular formula is C39H46N10O8S. The molecule has 0 unspecified atom stereocenters. The Bertz CT molecular complexity index is 2560. The number of nitrogens with one attached hydrogen (secondary N) is 1. The summed E-state index contributed by atoms with van der Waals surface area (Å²) in [6.45, 7) is 8.08. The molecule has 0 bridgehead atoms. The molecule has 3 amide bonds. The molecule has 0 radical (unpaired) electrons. The molecule has 5 heterocycles. The Morgan fingerprint density at radius 2 is 1.60 bits per heavy atom. The fourth-order valence-corrected chi connectivity index (χ4v) is 6.78. The van der Waals surface area contributed by atoms with Crippen molar-refractivity contribution in [2.24, 2.45) is 16.5 Å². The van der Waals surface area contributed by atoms with Gasteiger partial charge in [0.25, 0.3) is 0 Å². The van der Waals surface area contributed by atoms with Crippen LogP contribution in [0.1, 0.15) is 99.1 Å². The van der Waals surface area contributed by atoms with Gasteiger partial charge < -0.3 is 39.7 Å². The van der Waals surface area contributed by atoms with Crippen molar-refractivity contribution in [3.63, 3.8) is 0 Å². The third-order valence-corrected chi connectivity index (χ3v) is 9.41. The monoisotopic (exact) mass is 814 g/mol. The van der Waals surface area contributed by atoms with Crippen molar-refractivity contribution < 1.29 is 37.5 Å². The molecule has 0 spiro atoms. The number of aromatic nitrogens is 6. The maximum absolute atomic E-state index is 13.2. The number of ether oxygens (including phenoxy) is 1. The molecule has 0 aliphatic carbocycles. The number of thiazole rings is 1. The van der Waals surface area contributed by atoms with Crippen LogP contribution in [0.5, 0.6) is 5.75 Å². The molecule has 18 nitrogen and oxygen atoms in total. The zero-order valence-corrected chi connectivity index (χ0v) is 32.8. The summed E-state index contributed by atoms with van der Waals surface area (Å²) in [6, 6.07) is 4.78. The third-order valence-electron chi connectivity index (χ3n) is 8.39. The molecule has 5 aromatic heterocycles. The van der Waals surface area contributed by atoms with E-state index in [9.17, 15) is 24.0 Å². The second kappa shape index (κ2) is 19.9. The van der Waals surface area contributed by atoms with Crippen molar-refractivity contribution in [2.45, 2.75) is 73.9 Å². The van der Waals surface area contributed by atoms with Gasteiger partial charge in [-0.1, -0.05) is 44.8 Å². The van der Waals surface area contributed by atoms with Crippen LogP contribution in [0.15, 0.2) is 50.4 Å². The molecule has 6 aromatic rings. The number of anilines is 1. The molecular weight excluding hydrogens is 769 g/mol. The molecule has 0 aliphatic rings. The number of nitrogens with two attached hydrogens (primary N) is 2. The molecule has 0 saturated carbocycles. The lowest BCUT2D eigenvalue weighted by atomic mass is 10.1. The van der Waals surface area contributed by atoms with Gasteiger partial charge in [0.15, 0.2) is 34.3 Å². The predicted molar refractivity (Wildman–Crippen MR) is 217 cm³/mol. The number of carbonyl (C=O) groups excluding carboxylic acids is 5. The van der Waals surface area contributed by atoms with E-state index in [-0.39, 0.29) is 37.5 Å². The number of pyridine rings is 1. The fraction of sp³-hybridized carbons (Fsp3) is 0.333. The highest BCUT2D eigenvalue weighted by molar-refractivity contribution is 7.16. The Hall–Kier alpha value is -6.76. The number of carbonyl (C=O) groups is 5. The van der Waals surface area contributed by atoms with E-state index in [1.54, 1.807) is 43.7 Å². The van der Waals surface area contributed by atoms with Crippen LogP contribution in [-0.4, -0.2) is 73.0 Å². The number of aldehydes is 2. The highest BCUT2D eigenvalue weighted by atomic mass is 32.1. The lowest BCUT2D eigenvalue weighted by molar-refractivity contribution is -0.108. The molecule has 0 aliphatic heterocycles. The first-order valence-corrected chi connectivity index (χ1v) is 18.7. The number of fused-ring (bicyclic) bond motifs is 2. The summed E-state index contributed by atoms with van der Waals surface area (Å²) in [4.78, 5) is 80.1. The number of hydrogen-bond donors (Lipinski definition) is 3. The van der Waals surface area contributed by atoms with Crippen LogP contribution in [0.2, 0.25) is 0 Å². The molecule has 306 valence electrons. The first-order chi connectivity index (χ1) is 27.4. The number of primary amides is 2. The summed E-state index contributed by atoms with van der Waals surface area (Å²) in [5.74, 6) is 0.464. The Balaban J connectivity index is 0.000000591. The van der Waals surface area contributed by atoms with E-state index in [0.717, 1.165) is 18.4 Å². The number of amides is 3. The SMILES string of the molecule is C.CCc1nc(C)oc1C(=O)N=c1sc2cc(C(N)=O)cnc2n1C/C=C/Cn1c(NC)nc2cc(C(N)=O)cc(OCCCC=O)c21.CCc1nc(C)oc1C=O. The number of rotatable bonds is 16. The molecule has 19 heteroatoms. The Kier molecular flexibility index (Phi) is 15.1. The standard InChI is InChI=1S/C31H33N9O6S.C7H9NO2.CH4/c1-4-20-25(46-17(2)36-20)29(44)38-31-40(28-23(47-31)15-19(16-35-28)27(33)43)10-6-5-9-39-24-21(37-30(39)34-3)13-18(26(32)42)14-22(24)45-12-8-7-11-41;1-3-6-7(4-9)10-5(2)8-6;/h5-6,11,13-16H,4,7-10,12H2,1-3H3,(H2,32,42)(H2,33,43)(H,34,37);4H,3H2,1-2H3;1H4/b6-5+,38-31?;;. The van der Waals surface area contributed by atoms with Gasteiger partial charge in [-0.25, -0.2) is 19.9 Å². The highest BCUT2D eigenvalue weighted by Gasteiger charge is 2.20. The normalized spacial score (nSPS) is 11.4. The van der Waals surface area contributed by atoms with Gasteiger partial charge in [-0.2, -0.15) is 4.99 Å². The molecule has 0 atom stereocenters. The van der Waals surface area contributed by atoms with Crippen molar-refractivity contribution in [1.29, 1.82) is 0 Å². The van der Waals surface area contributed by atoms with E-state index in [1.165, 1.54) is 17.5 Å². The van der Waals surface area contributed by atoms with Crippen LogP contribution in [0, 0.1) is 13.8 Å². The molecule has 58 heavy (non-hydrogen) atoms. The average Bonchev–Trinajstić information content (AvgIpc) is 3.96. The number of oxazole rings is 2. The van der Waals surface area contributed by atoms with E-state index in [2.05, 4.69) is 30.2 Å². The van der Waals surface area contributed by atoms with Gasteiger partial charge in [0, 0.05) is 52.2 Å². The second-order valence-electron chi connectivity index (χ2n) is 12.3. The number of imidazole rings is 1. The lowest BCUT2D eigenvalue weighted by Crippen LogP contribution is -2.17. The number of aryl methyl sites for hydroxylation is 4. The third kappa shape index (κ3) is 9.96. The number of unbranched alkanes of at least 4 members (excludes halogenated alkanes) is 1. The van der Waals surface area contributed by atoms with Crippen molar-refractivity contribution in [3.05, 3.63) is 87.2 Å². The van der Waals surface area contributed by atoms with Crippen molar-refractivity contribution in [2.75, 3.05) is 19.0 Å². The minimum absolute atomic E-state index is 0. The van der Waals surface area contributed by atoms with Crippen molar-refractivity contribution in [3.8, 4) is 5.75 Å². The Labute approximate surface area is 337 Å². The second-order valence-corrected chi connectivity index (χ2v) is 13.3. The van der Waals surface area contributed by atoms with Crippen LogP contribution in [-0.2, 0) is 30.7 Å². The van der Waals surface area contributed by atoms with Gasteiger partial charge in [0.05, 0.1) is 33.8 Å². The Morgan fingerprint density at radius 3 is 2.22 bits per heavy atom. The van der Waals surface area contributed by atoms with Gasteiger partial charge in [-0.05, 0) is 37.5 Å². The quantitative estimate of drug-likeness (QED) is 0.0668. The first kappa shape index (κ1) is 44.0. The summed E-state index contributed by atoms with van der Waals surface area (Å²) in [5.41, 5.74) is 14.4. The van der Waals surface area contributed by atoms with Crippen molar-refractivity contribution in [1.82, 2.24) is 29.1 Å². The number of nitrogens with zero attached hydrogens (tertiary/aromatic N) is 7. The van der Waals surface area contributed by atoms with Crippen LogP contribution in [0.25, 0.3) is 21.4 Å². The topological polar surface area (TPSA) is 259 Å². The Morgan fingerprint density at radius 1 is 0.931 bits per heavy atom. The van der Waals surface area contributed by atoms with E-state index in [4.69, 9.17) is 25.0 Å². The fourth-order valence-electron chi connectivity index (χ4n) is 5.75. The van der Waals surface area contributed by atoms with Crippen LogP contribution >= 0.6 is 11.3 Å². The summed E-state index contributed by atoms with van der Waals surface area (Å²) < 4.78 is 20.8. The highest BCUT2D eigenvalue weighted by Crippen LogP contribution is 2.31. The van der Waals surface area contributed by atoms with Crippen molar-refractivity contribution >= 4 is 69.0 Å². The molecule has 0 fully saturated rings. The van der Waals surface area contributed by atoms with Gasteiger partial charge >= 0.3 is 5.91 Å². The molecule has 0 saturated heterocycles. The average molecular weight is 815 g/mol. The lowest BCUT2D eigenvalue weighted by Gasteiger charge is -2.12. The number of allylic oxidation sites excluding steroid dienone is 2. The van der Waals surface area contributed by atoms with Gasteiger partial charge in [-0.15, -0.1) is 0 Å². The summed E-state index contributed by atoms with van der Waals surface area (Å²) >= 11 is 1.19. The van der Waals surface area contributed by atoms with E-state index in [0.29, 0.717) is 93.2 Å². The van der Waals surface area contributed by atoms with Gasteiger partial charge in [-0.3, -0.25) is 23.7 Å². The van der Waals surface area contributed by atoms with Crippen LogP contribution in [0.3, 0.4) is 0 Å². The minimum Gasteiger partial charge on any atom is -0.491 e. The summed E-state index contributed by atoms with van der Waals surface area (Å²) in [7, 11) is 1.73. The van der Waals surface area contributed by atoms with Crippen LogP contribution < -0.4 is 26.3 Å². The summed E-state index contributed by atoms with van der Waals surface area (Å²) in [6.07, 6.45) is 8.76. The zero-order valence-electron chi connectivity index (χ0n) is 32.0. The molecule has 1 aromatic carbocycles. The number of hydrogen-bond acceptors (Lipinski definition) is 14. The van der Waals surface area contributed by atoms with Gasteiger partial charge in [0.2, 0.25) is 23.5 Å². The van der Waals surface area contributed by atoms with Crippen LogP contribution in [0.4, 0.5) is 5.95 Å². The minimum atomic E-state index is -0.624. The largest absolute Gasteiger partial charge is 0.491 e. The number of benzene rings is 1. The zero-order chi connectivity index (χ0) is 41.2. The summed E-state index contributed by atoms with van der Waals surface area (Å²) in [5, 5.41) is 3.07. The van der Waals surface area contributed by atoms with Gasteiger partial charge in [0.1, 0.15) is 17.6 Å².